The Bertz CT molecular complexity index is 180. The highest BCUT2D eigenvalue weighted by molar-refractivity contribution is 4.71. The first kappa shape index (κ1) is 7.21. The zero-order chi connectivity index (χ0) is 7.56. The number of hydrogen-bond donors (Lipinski definition) is 1. The quantitative estimate of drug-likeness (QED) is 0.637. The molecule has 10 heavy (non-hydrogen) atoms. The van der Waals surface area contributed by atoms with Crippen molar-refractivity contribution in [2.45, 2.75) is 25.9 Å². The van der Waals surface area contributed by atoms with Gasteiger partial charge in [-0.15, -0.1) is 0 Å². The molecule has 2 N–H and O–H groups in total. The van der Waals surface area contributed by atoms with Crippen molar-refractivity contribution in [2.75, 3.05) is 0 Å². The molecule has 1 aromatic rings. The fraction of sp³-hybridized carbons (Fsp3) is 0.667. The summed E-state index contributed by atoms with van der Waals surface area (Å²) >= 11 is 0. The van der Waals surface area contributed by atoms with Crippen LogP contribution in [0.5, 0.6) is 0 Å². The van der Waals surface area contributed by atoms with Crippen molar-refractivity contribution in [1.29, 1.82) is 0 Å². The molecule has 1 heterocycles. The number of nitrogens with zero attached hydrogens (tertiary/aromatic N) is 3. The Morgan fingerprint density at radius 3 is 2.60 bits per heavy atom. The SMILES string of the molecule is C[C@H](N)[C@@H](C)n1cncn1. The normalized spacial score (nSPS) is 16.7. The van der Waals surface area contributed by atoms with Gasteiger partial charge in [0.15, 0.2) is 0 Å². The molecule has 0 spiro atoms. The van der Waals surface area contributed by atoms with Crippen LogP contribution in [-0.2, 0) is 0 Å². The van der Waals surface area contributed by atoms with Crippen LogP contribution in [0.3, 0.4) is 0 Å². The largest absolute Gasteiger partial charge is 0.326 e. The minimum absolute atomic E-state index is 0.113. The van der Waals surface area contributed by atoms with E-state index in [-0.39, 0.29) is 12.1 Å². The number of nitrogens with two attached hydrogens (primary N) is 1. The number of rotatable bonds is 2. The van der Waals surface area contributed by atoms with Crippen LogP contribution in [0.1, 0.15) is 19.9 Å². The molecule has 0 amide bonds. The van der Waals surface area contributed by atoms with Crippen LogP contribution < -0.4 is 5.73 Å². The van der Waals surface area contributed by atoms with E-state index >= 15 is 0 Å². The Hall–Kier alpha value is -0.900. The van der Waals surface area contributed by atoms with Gasteiger partial charge in [-0.3, -0.25) is 0 Å². The summed E-state index contributed by atoms with van der Waals surface area (Å²) in [5.41, 5.74) is 5.64. The molecule has 4 heteroatoms. The molecule has 0 bridgehead atoms. The standard InChI is InChI=1S/C6H12N4/c1-5(7)6(2)10-4-8-3-9-10/h3-6H,7H2,1-2H3/t5-,6+/m0/s1. The van der Waals surface area contributed by atoms with Gasteiger partial charge in [-0.1, -0.05) is 0 Å². The van der Waals surface area contributed by atoms with Crippen molar-refractivity contribution in [3.63, 3.8) is 0 Å². The molecular formula is C6H12N4. The number of aromatic nitrogens is 3. The van der Waals surface area contributed by atoms with Crippen LogP contribution >= 0.6 is 0 Å². The van der Waals surface area contributed by atoms with E-state index in [1.165, 1.54) is 6.33 Å². The van der Waals surface area contributed by atoms with Gasteiger partial charge in [-0.2, -0.15) is 5.10 Å². The third-order valence-electron chi connectivity index (χ3n) is 1.61. The summed E-state index contributed by atoms with van der Waals surface area (Å²) in [4.78, 5) is 3.82. The molecule has 0 saturated heterocycles. The van der Waals surface area contributed by atoms with Gasteiger partial charge in [0.25, 0.3) is 0 Å². The first-order chi connectivity index (χ1) is 4.72. The first-order valence-corrected chi connectivity index (χ1v) is 3.31. The minimum Gasteiger partial charge on any atom is -0.326 e. The molecule has 0 aliphatic heterocycles. The molecule has 0 aliphatic rings. The van der Waals surface area contributed by atoms with Crippen molar-refractivity contribution >= 4 is 0 Å². The smallest absolute Gasteiger partial charge is 0.137 e. The highest BCUT2D eigenvalue weighted by Crippen LogP contribution is 2.04. The lowest BCUT2D eigenvalue weighted by atomic mass is 10.2. The Labute approximate surface area is 60.1 Å². The molecule has 0 saturated carbocycles. The van der Waals surface area contributed by atoms with Crippen LogP contribution in [0, 0.1) is 0 Å². The van der Waals surface area contributed by atoms with Crippen LogP contribution in [0.25, 0.3) is 0 Å². The lowest BCUT2D eigenvalue weighted by Crippen LogP contribution is -2.27. The van der Waals surface area contributed by atoms with E-state index in [4.69, 9.17) is 5.73 Å². The van der Waals surface area contributed by atoms with E-state index in [1.54, 1.807) is 11.0 Å². The predicted molar refractivity (Wildman–Crippen MR) is 38.4 cm³/mol. The molecular weight excluding hydrogens is 128 g/mol. The molecule has 2 atom stereocenters. The summed E-state index contributed by atoms with van der Waals surface area (Å²) in [6, 6.07) is 0.337. The molecule has 0 unspecified atom stereocenters. The minimum atomic E-state index is 0.113. The van der Waals surface area contributed by atoms with Gasteiger partial charge in [0.2, 0.25) is 0 Å². The Balaban J connectivity index is 2.68. The Morgan fingerprint density at radius 2 is 2.20 bits per heavy atom. The highest BCUT2D eigenvalue weighted by atomic mass is 15.3. The van der Waals surface area contributed by atoms with E-state index in [2.05, 4.69) is 10.1 Å². The third-order valence-corrected chi connectivity index (χ3v) is 1.61. The van der Waals surface area contributed by atoms with Crippen LogP contribution in [-0.4, -0.2) is 20.8 Å². The summed E-state index contributed by atoms with van der Waals surface area (Å²) in [7, 11) is 0. The van der Waals surface area contributed by atoms with Gasteiger partial charge in [0.05, 0.1) is 6.04 Å². The molecule has 0 aliphatic carbocycles. The maximum atomic E-state index is 5.64. The predicted octanol–water partition coefficient (Wildman–Crippen LogP) is 0.186. The topological polar surface area (TPSA) is 56.7 Å². The van der Waals surface area contributed by atoms with E-state index in [1.807, 2.05) is 13.8 Å². The van der Waals surface area contributed by atoms with Crippen LogP contribution in [0.2, 0.25) is 0 Å². The maximum absolute atomic E-state index is 5.64. The summed E-state index contributed by atoms with van der Waals surface area (Å²) in [6.07, 6.45) is 3.19. The van der Waals surface area contributed by atoms with Crippen molar-refractivity contribution in [1.82, 2.24) is 14.8 Å². The average molecular weight is 140 g/mol. The molecule has 0 radical (unpaired) electrons. The molecule has 0 fully saturated rings. The van der Waals surface area contributed by atoms with Crippen molar-refractivity contribution in [3.8, 4) is 0 Å². The van der Waals surface area contributed by atoms with E-state index in [0.717, 1.165) is 0 Å². The summed E-state index contributed by atoms with van der Waals surface area (Å²) in [5, 5.41) is 3.96. The van der Waals surface area contributed by atoms with Gasteiger partial charge in [-0.25, -0.2) is 9.67 Å². The second-order valence-electron chi connectivity index (χ2n) is 2.48. The molecule has 1 aromatic heterocycles. The fourth-order valence-corrected chi connectivity index (χ4v) is 0.669. The molecule has 56 valence electrons. The summed E-state index contributed by atoms with van der Waals surface area (Å²) in [6.45, 7) is 3.96. The third kappa shape index (κ3) is 1.33. The first-order valence-electron chi connectivity index (χ1n) is 3.31. The maximum Gasteiger partial charge on any atom is 0.137 e. The monoisotopic (exact) mass is 140 g/mol. The summed E-state index contributed by atoms with van der Waals surface area (Å²) < 4.78 is 1.75. The van der Waals surface area contributed by atoms with Crippen LogP contribution in [0.4, 0.5) is 0 Å². The van der Waals surface area contributed by atoms with E-state index in [9.17, 15) is 0 Å². The molecule has 1 rings (SSSR count). The van der Waals surface area contributed by atoms with E-state index < -0.39 is 0 Å². The molecule has 0 aromatic carbocycles. The van der Waals surface area contributed by atoms with Crippen molar-refractivity contribution in [2.24, 2.45) is 5.73 Å². The van der Waals surface area contributed by atoms with E-state index in [0.29, 0.717) is 0 Å². The van der Waals surface area contributed by atoms with Gasteiger partial charge in [-0.05, 0) is 13.8 Å². The lowest BCUT2D eigenvalue weighted by Gasteiger charge is -2.14. The van der Waals surface area contributed by atoms with Gasteiger partial charge in [0.1, 0.15) is 12.7 Å². The number of hydrogen-bond acceptors (Lipinski definition) is 3. The van der Waals surface area contributed by atoms with Gasteiger partial charge < -0.3 is 5.73 Å². The fourth-order valence-electron chi connectivity index (χ4n) is 0.669. The zero-order valence-electron chi connectivity index (χ0n) is 6.23. The van der Waals surface area contributed by atoms with Gasteiger partial charge in [0, 0.05) is 6.04 Å². The lowest BCUT2D eigenvalue weighted by molar-refractivity contribution is 0.424. The second kappa shape index (κ2) is 2.79. The Kier molecular flexibility index (Phi) is 2.01. The second-order valence-corrected chi connectivity index (χ2v) is 2.48. The van der Waals surface area contributed by atoms with Crippen molar-refractivity contribution in [3.05, 3.63) is 12.7 Å². The van der Waals surface area contributed by atoms with Crippen LogP contribution in [0.15, 0.2) is 12.7 Å². The Morgan fingerprint density at radius 1 is 1.50 bits per heavy atom. The van der Waals surface area contributed by atoms with Crippen molar-refractivity contribution < 1.29 is 0 Å². The molecule has 4 nitrogen and oxygen atoms in total. The van der Waals surface area contributed by atoms with Gasteiger partial charge >= 0.3 is 0 Å². The zero-order valence-corrected chi connectivity index (χ0v) is 6.23. The highest BCUT2D eigenvalue weighted by Gasteiger charge is 2.08. The summed E-state index contributed by atoms with van der Waals surface area (Å²) in [5.74, 6) is 0. The average Bonchev–Trinajstić information content (AvgIpc) is 2.36.